The summed E-state index contributed by atoms with van der Waals surface area (Å²) < 4.78 is 13.1. The molecule has 156 valence electrons. The molecular weight excluding hydrogens is 375 g/mol. The number of aliphatic carboxylic acids is 1. The number of carboxylic acid groups (broad SMARTS) is 1. The van der Waals surface area contributed by atoms with E-state index in [2.05, 4.69) is 11.8 Å². The molecule has 0 aliphatic heterocycles. The topological polar surface area (TPSA) is 98.0 Å². The van der Waals surface area contributed by atoms with Gasteiger partial charge in [0.15, 0.2) is 0 Å². The Balaban J connectivity index is 1.92. The predicted octanol–water partition coefficient (Wildman–Crippen LogP) is 2.65. The molecule has 1 unspecified atom stereocenters. The van der Waals surface area contributed by atoms with E-state index in [0.29, 0.717) is 24.8 Å². The lowest BCUT2D eigenvalue weighted by molar-refractivity contribution is -0.137. The maximum atomic E-state index is 13.1. The molecule has 6 heteroatoms. The van der Waals surface area contributed by atoms with E-state index in [9.17, 15) is 24.5 Å². The van der Waals surface area contributed by atoms with Crippen molar-refractivity contribution in [2.45, 2.75) is 50.4 Å². The molecule has 1 fully saturated rings. The largest absolute Gasteiger partial charge is 0.481 e. The first-order valence-corrected chi connectivity index (χ1v) is 9.73. The highest BCUT2D eigenvalue weighted by molar-refractivity contribution is 5.66. The van der Waals surface area contributed by atoms with Crippen LogP contribution in [0.5, 0.6) is 0 Å². The minimum Gasteiger partial charge on any atom is -0.481 e. The summed E-state index contributed by atoms with van der Waals surface area (Å²) >= 11 is 0. The van der Waals surface area contributed by atoms with E-state index < -0.39 is 30.1 Å². The van der Waals surface area contributed by atoms with Crippen molar-refractivity contribution in [2.24, 2.45) is 11.8 Å². The van der Waals surface area contributed by atoms with E-state index in [4.69, 9.17) is 5.11 Å². The van der Waals surface area contributed by atoms with Crippen molar-refractivity contribution < 1.29 is 29.6 Å². The van der Waals surface area contributed by atoms with Gasteiger partial charge in [0.25, 0.3) is 0 Å². The molecule has 0 amide bonds. The van der Waals surface area contributed by atoms with Gasteiger partial charge in [-0.15, -0.1) is 0 Å². The summed E-state index contributed by atoms with van der Waals surface area (Å²) in [5, 5.41) is 39.1. The van der Waals surface area contributed by atoms with Gasteiger partial charge in [0, 0.05) is 24.3 Å². The molecule has 1 aliphatic carbocycles. The Bertz CT molecular complexity index is 792. The average molecular weight is 402 g/mol. The third-order valence-electron chi connectivity index (χ3n) is 4.96. The Morgan fingerprint density at radius 2 is 2.07 bits per heavy atom. The molecule has 0 spiro atoms. The Morgan fingerprint density at radius 3 is 2.79 bits per heavy atom. The van der Waals surface area contributed by atoms with Crippen LogP contribution in [0.15, 0.2) is 48.6 Å². The van der Waals surface area contributed by atoms with Gasteiger partial charge in [0.2, 0.25) is 0 Å². The highest BCUT2D eigenvalue weighted by atomic mass is 19.1. The Labute approximate surface area is 170 Å². The van der Waals surface area contributed by atoms with Crippen molar-refractivity contribution in [2.75, 3.05) is 0 Å². The van der Waals surface area contributed by atoms with E-state index >= 15 is 0 Å². The lowest BCUT2D eigenvalue weighted by atomic mass is 9.89. The Kier molecular flexibility index (Phi) is 9.07. The molecule has 1 aromatic rings. The highest BCUT2D eigenvalue weighted by Crippen LogP contribution is 2.36. The predicted molar refractivity (Wildman–Crippen MR) is 107 cm³/mol. The number of allylic oxidation sites excluding steroid dienone is 2. The number of rotatable bonds is 8. The fraction of sp³-hybridized carbons (Fsp3) is 0.435. The van der Waals surface area contributed by atoms with Crippen LogP contribution in [0.4, 0.5) is 4.39 Å². The van der Waals surface area contributed by atoms with Gasteiger partial charge in [-0.1, -0.05) is 36.1 Å². The van der Waals surface area contributed by atoms with Crippen LogP contribution >= 0.6 is 0 Å². The van der Waals surface area contributed by atoms with Crippen molar-refractivity contribution in [3.8, 4) is 11.8 Å². The first-order valence-electron chi connectivity index (χ1n) is 9.73. The quantitative estimate of drug-likeness (QED) is 0.304. The van der Waals surface area contributed by atoms with Crippen LogP contribution < -0.4 is 0 Å². The van der Waals surface area contributed by atoms with Crippen LogP contribution in [-0.2, 0) is 4.79 Å². The number of halogens is 1. The summed E-state index contributed by atoms with van der Waals surface area (Å²) in [6, 6.07) is 5.77. The average Bonchev–Trinajstić information content (AvgIpc) is 2.93. The Hall–Kier alpha value is -2.46. The monoisotopic (exact) mass is 402 g/mol. The molecule has 4 N–H and O–H groups in total. The second-order valence-electron chi connectivity index (χ2n) is 7.21. The lowest BCUT2D eigenvalue weighted by Crippen LogP contribution is -2.20. The molecule has 2 rings (SSSR count). The van der Waals surface area contributed by atoms with Crippen LogP contribution in [0.3, 0.4) is 0 Å². The van der Waals surface area contributed by atoms with E-state index in [0.717, 1.165) is 0 Å². The van der Waals surface area contributed by atoms with Gasteiger partial charge in [0.05, 0.1) is 12.2 Å². The number of hydrogen-bond acceptors (Lipinski definition) is 4. The van der Waals surface area contributed by atoms with E-state index in [1.165, 1.54) is 24.3 Å². The van der Waals surface area contributed by atoms with Gasteiger partial charge >= 0.3 is 5.97 Å². The van der Waals surface area contributed by atoms with Gasteiger partial charge in [-0.05, 0) is 49.5 Å². The van der Waals surface area contributed by atoms with Crippen LogP contribution in [0.1, 0.15) is 37.7 Å². The summed E-state index contributed by atoms with van der Waals surface area (Å²) in [6.45, 7) is 0. The molecule has 1 aromatic carbocycles. The summed E-state index contributed by atoms with van der Waals surface area (Å²) in [5.41, 5.74) is 0.458. The van der Waals surface area contributed by atoms with Crippen LogP contribution in [0.25, 0.3) is 0 Å². The third-order valence-corrected chi connectivity index (χ3v) is 4.96. The van der Waals surface area contributed by atoms with Crippen LogP contribution in [0.2, 0.25) is 0 Å². The molecular formula is C23H27FO5. The summed E-state index contributed by atoms with van der Waals surface area (Å²) in [6.07, 6.45) is 6.63. The van der Waals surface area contributed by atoms with Crippen molar-refractivity contribution >= 4 is 5.97 Å². The number of aliphatic hydroxyl groups excluding tert-OH is 3. The molecule has 5 atom stereocenters. The summed E-state index contributed by atoms with van der Waals surface area (Å²) in [4.78, 5) is 10.5. The minimum absolute atomic E-state index is 0.120. The SMILES string of the molecule is O=C(O)CCC/C=C\C[C@@H]1[C@@H](/C=C/C(O)C#Cc2cccc(F)c2)[C@H](O)C[C@@H]1O. The second kappa shape index (κ2) is 11.5. The summed E-state index contributed by atoms with van der Waals surface area (Å²) in [7, 11) is 0. The minimum atomic E-state index is -1.07. The number of unbranched alkanes of at least 4 members (excludes halogenated alkanes) is 1. The molecule has 1 saturated carbocycles. The van der Waals surface area contributed by atoms with E-state index in [1.807, 2.05) is 12.2 Å². The highest BCUT2D eigenvalue weighted by Gasteiger charge is 2.39. The van der Waals surface area contributed by atoms with Gasteiger partial charge < -0.3 is 20.4 Å². The molecule has 1 aliphatic rings. The number of benzene rings is 1. The zero-order valence-electron chi connectivity index (χ0n) is 16.1. The smallest absolute Gasteiger partial charge is 0.303 e. The zero-order chi connectivity index (χ0) is 21.2. The maximum Gasteiger partial charge on any atom is 0.303 e. The van der Waals surface area contributed by atoms with Crippen LogP contribution in [-0.4, -0.2) is 44.7 Å². The van der Waals surface area contributed by atoms with Crippen LogP contribution in [0, 0.1) is 29.5 Å². The van der Waals surface area contributed by atoms with Crippen molar-refractivity contribution in [1.82, 2.24) is 0 Å². The molecule has 0 bridgehead atoms. The molecule has 0 radical (unpaired) electrons. The maximum absolute atomic E-state index is 13.1. The number of carbonyl (C=O) groups is 1. The zero-order valence-corrected chi connectivity index (χ0v) is 16.1. The van der Waals surface area contributed by atoms with Gasteiger partial charge in [-0.25, -0.2) is 4.39 Å². The normalized spacial score (nSPS) is 25.2. The summed E-state index contributed by atoms with van der Waals surface area (Å²) in [5.74, 6) is 3.57. The van der Waals surface area contributed by atoms with E-state index in [-0.39, 0.29) is 24.7 Å². The lowest BCUT2D eigenvalue weighted by Gasteiger charge is -2.19. The van der Waals surface area contributed by atoms with Crippen molar-refractivity contribution in [3.63, 3.8) is 0 Å². The van der Waals surface area contributed by atoms with Gasteiger partial charge in [-0.2, -0.15) is 0 Å². The van der Waals surface area contributed by atoms with Gasteiger partial charge in [-0.3, -0.25) is 4.79 Å². The first kappa shape index (κ1) is 22.8. The number of carboxylic acids is 1. The fourth-order valence-corrected chi connectivity index (χ4v) is 3.45. The van der Waals surface area contributed by atoms with Gasteiger partial charge in [0.1, 0.15) is 11.9 Å². The molecule has 29 heavy (non-hydrogen) atoms. The van der Waals surface area contributed by atoms with E-state index in [1.54, 1.807) is 12.1 Å². The molecule has 0 aromatic heterocycles. The molecule has 5 nitrogen and oxygen atoms in total. The molecule has 0 heterocycles. The fourth-order valence-electron chi connectivity index (χ4n) is 3.45. The number of aliphatic hydroxyl groups is 3. The third kappa shape index (κ3) is 7.82. The first-order chi connectivity index (χ1) is 13.9. The number of hydrogen-bond donors (Lipinski definition) is 4. The van der Waals surface area contributed by atoms with Crippen molar-refractivity contribution in [1.29, 1.82) is 0 Å². The second-order valence-corrected chi connectivity index (χ2v) is 7.21. The standard InChI is InChI=1S/C23H27FO5/c24-17-7-5-6-16(14-17)10-11-18(25)12-13-20-19(21(26)15-22(20)27)8-3-1-2-4-9-23(28)29/h1,3,5-7,12-14,18-22,25-27H,2,4,8-9,15H2,(H,28,29)/b3-1-,13-12+/t18?,19-,20-,21+,22-/m1/s1. The van der Waals surface area contributed by atoms with Crippen molar-refractivity contribution in [3.05, 3.63) is 60.0 Å². The molecule has 0 saturated heterocycles. The Morgan fingerprint density at radius 1 is 1.28 bits per heavy atom.